The number of thiophene rings is 1. The van der Waals surface area contributed by atoms with Crippen LogP contribution in [0.5, 0.6) is 5.75 Å². The summed E-state index contributed by atoms with van der Waals surface area (Å²) in [6.07, 6.45) is 0. The van der Waals surface area contributed by atoms with E-state index in [-0.39, 0.29) is 12.4 Å². The molecule has 0 aliphatic rings. The maximum atomic E-state index is 5.78. The lowest BCUT2D eigenvalue weighted by atomic mass is 10.1. The average molecular weight is 360 g/mol. The van der Waals surface area contributed by atoms with Crippen LogP contribution in [0.25, 0.3) is 0 Å². The Morgan fingerprint density at radius 1 is 0.875 bits per heavy atom. The number of ether oxygens (including phenoxy) is 1. The molecule has 0 unspecified atom stereocenters. The van der Waals surface area contributed by atoms with Gasteiger partial charge in [0.1, 0.15) is 12.4 Å². The van der Waals surface area contributed by atoms with Crippen molar-refractivity contribution in [3.8, 4) is 5.75 Å². The molecule has 0 fully saturated rings. The molecule has 3 rings (SSSR count). The van der Waals surface area contributed by atoms with Gasteiger partial charge in [0, 0.05) is 18.0 Å². The Morgan fingerprint density at radius 2 is 1.50 bits per heavy atom. The van der Waals surface area contributed by atoms with Crippen molar-refractivity contribution in [2.75, 3.05) is 0 Å². The lowest BCUT2D eigenvalue weighted by Crippen LogP contribution is -2.12. The SMILES string of the molecule is Cc1ccc(CNCc2ccc(OCc3cccs3)cc2)cc1.Cl. The molecule has 0 aliphatic carbocycles. The summed E-state index contributed by atoms with van der Waals surface area (Å²) in [4.78, 5) is 1.24. The predicted molar refractivity (Wildman–Crippen MR) is 104 cm³/mol. The molecule has 0 spiro atoms. The number of hydrogen-bond donors (Lipinski definition) is 1. The van der Waals surface area contributed by atoms with Gasteiger partial charge in [0.05, 0.1) is 0 Å². The highest BCUT2D eigenvalue weighted by Gasteiger charge is 1.98. The molecule has 0 atom stereocenters. The Labute approximate surface area is 153 Å². The van der Waals surface area contributed by atoms with Gasteiger partial charge in [0.15, 0.2) is 0 Å². The largest absolute Gasteiger partial charge is 0.488 e. The molecule has 1 heterocycles. The van der Waals surface area contributed by atoms with Gasteiger partial charge in [0.25, 0.3) is 0 Å². The molecule has 126 valence electrons. The Kier molecular flexibility index (Phi) is 7.32. The first-order chi connectivity index (χ1) is 11.3. The van der Waals surface area contributed by atoms with Crippen LogP contribution in [0.3, 0.4) is 0 Å². The smallest absolute Gasteiger partial charge is 0.122 e. The van der Waals surface area contributed by atoms with Crippen molar-refractivity contribution in [3.05, 3.63) is 87.6 Å². The van der Waals surface area contributed by atoms with Crippen LogP contribution in [0.4, 0.5) is 0 Å². The van der Waals surface area contributed by atoms with Gasteiger partial charge in [-0.3, -0.25) is 0 Å². The minimum atomic E-state index is 0. The van der Waals surface area contributed by atoms with E-state index < -0.39 is 0 Å². The second-order valence-electron chi connectivity index (χ2n) is 5.60. The third kappa shape index (κ3) is 5.68. The van der Waals surface area contributed by atoms with Crippen LogP contribution in [0.1, 0.15) is 21.6 Å². The lowest BCUT2D eigenvalue weighted by molar-refractivity contribution is 0.309. The number of halogens is 1. The van der Waals surface area contributed by atoms with Crippen molar-refractivity contribution in [1.82, 2.24) is 5.32 Å². The van der Waals surface area contributed by atoms with Crippen molar-refractivity contribution >= 4 is 23.7 Å². The minimum Gasteiger partial charge on any atom is -0.488 e. The van der Waals surface area contributed by atoms with E-state index in [1.54, 1.807) is 11.3 Å². The maximum Gasteiger partial charge on any atom is 0.122 e. The van der Waals surface area contributed by atoms with Crippen molar-refractivity contribution < 1.29 is 4.74 Å². The highest BCUT2D eigenvalue weighted by atomic mass is 35.5. The van der Waals surface area contributed by atoms with Crippen LogP contribution in [-0.4, -0.2) is 0 Å². The van der Waals surface area contributed by atoms with Gasteiger partial charge >= 0.3 is 0 Å². The molecule has 0 aliphatic heterocycles. The summed E-state index contributed by atoms with van der Waals surface area (Å²) in [6.45, 7) is 4.50. The fourth-order valence-electron chi connectivity index (χ4n) is 2.31. The summed E-state index contributed by atoms with van der Waals surface area (Å²) in [7, 11) is 0. The third-order valence-electron chi connectivity index (χ3n) is 3.66. The average Bonchev–Trinajstić information content (AvgIpc) is 3.09. The third-order valence-corrected chi connectivity index (χ3v) is 4.51. The molecule has 0 saturated carbocycles. The molecule has 24 heavy (non-hydrogen) atoms. The molecule has 1 aromatic heterocycles. The number of benzene rings is 2. The summed E-state index contributed by atoms with van der Waals surface area (Å²) in [5, 5.41) is 5.54. The lowest BCUT2D eigenvalue weighted by Gasteiger charge is -2.08. The van der Waals surface area contributed by atoms with E-state index >= 15 is 0 Å². The zero-order valence-electron chi connectivity index (χ0n) is 13.7. The van der Waals surface area contributed by atoms with E-state index in [0.29, 0.717) is 6.61 Å². The monoisotopic (exact) mass is 359 g/mol. The van der Waals surface area contributed by atoms with Gasteiger partial charge in [-0.1, -0.05) is 48.0 Å². The van der Waals surface area contributed by atoms with Crippen molar-refractivity contribution in [2.24, 2.45) is 0 Å². The fraction of sp³-hybridized carbons (Fsp3) is 0.200. The van der Waals surface area contributed by atoms with Gasteiger partial charge in [-0.2, -0.15) is 0 Å². The topological polar surface area (TPSA) is 21.3 Å². The van der Waals surface area contributed by atoms with Gasteiger partial charge in [-0.25, -0.2) is 0 Å². The van der Waals surface area contributed by atoms with E-state index in [1.807, 2.05) is 18.2 Å². The highest BCUT2D eigenvalue weighted by molar-refractivity contribution is 7.09. The standard InChI is InChI=1S/C20H21NOS.ClH/c1-16-4-6-17(7-5-16)13-21-14-18-8-10-19(11-9-18)22-15-20-3-2-12-23-20;/h2-12,21H,13-15H2,1H3;1H. The van der Waals surface area contributed by atoms with Crippen LogP contribution < -0.4 is 10.1 Å². The second-order valence-corrected chi connectivity index (χ2v) is 6.63. The first-order valence-corrected chi connectivity index (χ1v) is 8.68. The van der Waals surface area contributed by atoms with Gasteiger partial charge < -0.3 is 10.1 Å². The summed E-state index contributed by atoms with van der Waals surface area (Å²) < 4.78 is 5.78. The van der Waals surface area contributed by atoms with Crippen LogP contribution in [0, 0.1) is 6.92 Å². The number of nitrogens with one attached hydrogen (secondary N) is 1. The molecular formula is C20H22ClNOS. The summed E-state index contributed by atoms with van der Waals surface area (Å²) in [5.41, 5.74) is 3.87. The normalized spacial score (nSPS) is 10.2. The Morgan fingerprint density at radius 3 is 2.08 bits per heavy atom. The zero-order chi connectivity index (χ0) is 15.9. The molecule has 0 amide bonds. The molecular weight excluding hydrogens is 338 g/mol. The van der Waals surface area contributed by atoms with Crippen molar-refractivity contribution in [1.29, 1.82) is 0 Å². The molecule has 3 aromatic rings. The van der Waals surface area contributed by atoms with Crippen LogP contribution in [-0.2, 0) is 19.7 Å². The molecule has 0 saturated heterocycles. The summed E-state index contributed by atoms with van der Waals surface area (Å²) >= 11 is 1.72. The first kappa shape index (κ1) is 18.5. The zero-order valence-corrected chi connectivity index (χ0v) is 15.3. The van der Waals surface area contributed by atoms with E-state index in [2.05, 4.69) is 60.1 Å². The van der Waals surface area contributed by atoms with Crippen LogP contribution >= 0.6 is 23.7 Å². The highest BCUT2D eigenvalue weighted by Crippen LogP contribution is 2.16. The summed E-state index contributed by atoms with van der Waals surface area (Å²) in [5.74, 6) is 0.917. The Bertz CT molecular complexity index is 708. The summed E-state index contributed by atoms with van der Waals surface area (Å²) in [6, 6.07) is 21.1. The number of hydrogen-bond acceptors (Lipinski definition) is 3. The Balaban J connectivity index is 0.00000208. The van der Waals surface area contributed by atoms with Gasteiger partial charge in [-0.15, -0.1) is 23.7 Å². The van der Waals surface area contributed by atoms with E-state index in [9.17, 15) is 0 Å². The van der Waals surface area contributed by atoms with Gasteiger partial charge in [0.2, 0.25) is 0 Å². The molecule has 4 heteroatoms. The molecule has 1 N–H and O–H groups in total. The van der Waals surface area contributed by atoms with Crippen LogP contribution in [0.2, 0.25) is 0 Å². The molecule has 2 aromatic carbocycles. The van der Waals surface area contributed by atoms with E-state index in [0.717, 1.165) is 18.8 Å². The molecule has 2 nitrogen and oxygen atoms in total. The van der Waals surface area contributed by atoms with Crippen LogP contribution in [0.15, 0.2) is 66.0 Å². The van der Waals surface area contributed by atoms with Crippen molar-refractivity contribution in [3.63, 3.8) is 0 Å². The maximum absolute atomic E-state index is 5.78. The van der Waals surface area contributed by atoms with Crippen molar-refractivity contribution in [2.45, 2.75) is 26.6 Å². The Hall–Kier alpha value is -1.81. The van der Waals surface area contributed by atoms with E-state index in [1.165, 1.54) is 21.6 Å². The number of rotatable bonds is 7. The fourth-order valence-corrected chi connectivity index (χ4v) is 2.93. The van der Waals surface area contributed by atoms with E-state index in [4.69, 9.17) is 4.74 Å². The minimum absolute atomic E-state index is 0. The molecule has 0 radical (unpaired) electrons. The quantitative estimate of drug-likeness (QED) is 0.614. The first-order valence-electron chi connectivity index (χ1n) is 7.80. The number of aryl methyl sites for hydroxylation is 1. The van der Waals surface area contributed by atoms with Gasteiger partial charge in [-0.05, 0) is 41.6 Å². The predicted octanol–water partition coefficient (Wildman–Crippen LogP) is 5.35. The molecule has 0 bridgehead atoms. The second kappa shape index (κ2) is 9.48.